The van der Waals surface area contributed by atoms with Crippen molar-refractivity contribution in [3.8, 4) is 5.75 Å². The third-order valence-electron chi connectivity index (χ3n) is 2.31. The van der Waals surface area contributed by atoms with E-state index >= 15 is 0 Å². The van der Waals surface area contributed by atoms with Crippen LogP contribution in [0, 0.1) is 10.1 Å². The number of aliphatic hydroxyl groups excluding tert-OH is 1. The van der Waals surface area contributed by atoms with Crippen LogP contribution in [0.1, 0.15) is 13.8 Å². The second kappa shape index (κ2) is 7.28. The molecule has 1 rings (SSSR count). The first-order valence-corrected chi connectivity index (χ1v) is 6.26. The van der Waals surface area contributed by atoms with Gasteiger partial charge in [0.25, 0.3) is 0 Å². The third-order valence-corrected chi connectivity index (χ3v) is 2.55. The molecule has 0 amide bonds. The van der Waals surface area contributed by atoms with E-state index in [1.54, 1.807) is 0 Å². The molecule has 1 aromatic carbocycles. The van der Waals surface area contributed by atoms with Crippen molar-refractivity contribution >= 4 is 17.3 Å². The van der Waals surface area contributed by atoms with Crippen molar-refractivity contribution in [2.45, 2.75) is 26.0 Å². The summed E-state index contributed by atoms with van der Waals surface area (Å²) in [4.78, 5) is 10.2. The minimum Gasteiger partial charge on any atom is -0.484 e. The molecule has 106 valence electrons. The molecule has 0 aliphatic heterocycles. The Morgan fingerprint density at radius 2 is 2.21 bits per heavy atom. The molecule has 0 saturated heterocycles. The molecule has 6 nitrogen and oxygen atoms in total. The van der Waals surface area contributed by atoms with E-state index in [4.69, 9.17) is 16.3 Å². The molecular formula is C12H17ClN2O4. The van der Waals surface area contributed by atoms with E-state index in [9.17, 15) is 15.2 Å². The van der Waals surface area contributed by atoms with Gasteiger partial charge in [0.2, 0.25) is 0 Å². The highest BCUT2D eigenvalue weighted by Crippen LogP contribution is 2.29. The Balaban J connectivity index is 2.61. The molecule has 0 spiro atoms. The van der Waals surface area contributed by atoms with Crippen LogP contribution in [0.2, 0.25) is 5.02 Å². The third kappa shape index (κ3) is 5.42. The molecule has 0 bridgehead atoms. The van der Waals surface area contributed by atoms with Crippen LogP contribution in [0.25, 0.3) is 0 Å². The van der Waals surface area contributed by atoms with Crippen LogP contribution in [0.4, 0.5) is 5.69 Å². The van der Waals surface area contributed by atoms with Crippen LogP contribution in [-0.4, -0.2) is 35.3 Å². The zero-order valence-electron chi connectivity index (χ0n) is 10.8. The lowest BCUT2D eigenvalue weighted by Gasteiger charge is -2.15. The number of rotatable bonds is 7. The molecule has 0 aromatic heterocycles. The Kier molecular flexibility index (Phi) is 6.01. The van der Waals surface area contributed by atoms with Gasteiger partial charge in [-0.3, -0.25) is 10.1 Å². The monoisotopic (exact) mass is 288 g/mol. The summed E-state index contributed by atoms with van der Waals surface area (Å²) in [6.45, 7) is 4.22. The smallest absolute Gasteiger partial charge is 0.311 e. The topological polar surface area (TPSA) is 84.6 Å². The standard InChI is InChI=1S/C12H17ClN2O4/c1-8(2)14-6-10(16)7-19-12-5-9(13)3-4-11(12)15(17)18/h3-5,8,10,14,16H,6-7H2,1-2H3. The van der Waals surface area contributed by atoms with E-state index in [0.29, 0.717) is 11.6 Å². The van der Waals surface area contributed by atoms with Crippen LogP contribution in [0.3, 0.4) is 0 Å². The second-order valence-electron chi connectivity index (χ2n) is 4.40. The highest BCUT2D eigenvalue weighted by molar-refractivity contribution is 6.30. The molecule has 2 N–H and O–H groups in total. The maximum Gasteiger partial charge on any atom is 0.311 e. The quantitative estimate of drug-likeness (QED) is 0.592. The zero-order chi connectivity index (χ0) is 14.4. The van der Waals surface area contributed by atoms with Crippen molar-refractivity contribution in [3.63, 3.8) is 0 Å². The Hall–Kier alpha value is -1.37. The number of nitrogens with zero attached hydrogens (tertiary/aromatic N) is 1. The molecule has 0 saturated carbocycles. The summed E-state index contributed by atoms with van der Waals surface area (Å²) in [6, 6.07) is 4.30. The van der Waals surface area contributed by atoms with Crippen molar-refractivity contribution in [1.82, 2.24) is 5.32 Å². The van der Waals surface area contributed by atoms with Crippen molar-refractivity contribution in [2.24, 2.45) is 0 Å². The average Bonchev–Trinajstić information content (AvgIpc) is 2.33. The summed E-state index contributed by atoms with van der Waals surface area (Å²) in [5, 5.41) is 23.9. The molecular weight excluding hydrogens is 272 g/mol. The highest BCUT2D eigenvalue weighted by Gasteiger charge is 2.16. The van der Waals surface area contributed by atoms with Crippen LogP contribution in [0.15, 0.2) is 18.2 Å². The summed E-state index contributed by atoms with van der Waals surface area (Å²) in [5.74, 6) is 0.0566. The first-order chi connectivity index (χ1) is 8.90. The first kappa shape index (κ1) is 15.7. The predicted molar refractivity (Wildman–Crippen MR) is 72.7 cm³/mol. The number of halogens is 1. The van der Waals surface area contributed by atoms with Gasteiger partial charge in [0, 0.05) is 29.7 Å². The minimum absolute atomic E-state index is 0.0408. The fraction of sp³-hybridized carbons (Fsp3) is 0.500. The van der Waals surface area contributed by atoms with Gasteiger partial charge in [-0.2, -0.15) is 0 Å². The normalized spacial score (nSPS) is 12.5. The number of ether oxygens (including phenoxy) is 1. The molecule has 7 heteroatoms. The lowest BCUT2D eigenvalue weighted by molar-refractivity contribution is -0.385. The van der Waals surface area contributed by atoms with Gasteiger partial charge in [-0.15, -0.1) is 0 Å². The molecule has 0 aliphatic carbocycles. The van der Waals surface area contributed by atoms with E-state index in [1.807, 2.05) is 13.8 Å². The van der Waals surface area contributed by atoms with Crippen LogP contribution < -0.4 is 10.1 Å². The molecule has 1 atom stereocenters. The maximum absolute atomic E-state index is 10.8. The number of nitro groups is 1. The van der Waals surface area contributed by atoms with Crippen LogP contribution in [0.5, 0.6) is 5.75 Å². The molecule has 0 radical (unpaired) electrons. The average molecular weight is 289 g/mol. The summed E-state index contributed by atoms with van der Waals surface area (Å²) in [7, 11) is 0. The van der Waals surface area contributed by atoms with Gasteiger partial charge in [0.1, 0.15) is 12.7 Å². The Bertz CT molecular complexity index is 440. The van der Waals surface area contributed by atoms with Crippen LogP contribution >= 0.6 is 11.6 Å². The summed E-state index contributed by atoms with van der Waals surface area (Å²) in [6.07, 6.45) is -0.749. The SMILES string of the molecule is CC(C)NCC(O)COc1cc(Cl)ccc1[N+](=O)[O-]. The van der Waals surface area contributed by atoms with Gasteiger partial charge < -0.3 is 15.2 Å². The number of nitro benzene ring substituents is 1. The number of benzene rings is 1. The first-order valence-electron chi connectivity index (χ1n) is 5.88. The van der Waals surface area contributed by atoms with Gasteiger partial charge in [0.05, 0.1) is 4.92 Å². The zero-order valence-corrected chi connectivity index (χ0v) is 11.6. The van der Waals surface area contributed by atoms with Gasteiger partial charge in [0.15, 0.2) is 5.75 Å². The van der Waals surface area contributed by atoms with E-state index in [-0.39, 0.29) is 24.1 Å². The second-order valence-corrected chi connectivity index (χ2v) is 4.83. The van der Waals surface area contributed by atoms with Crippen molar-refractivity contribution in [3.05, 3.63) is 33.3 Å². The number of nitrogens with one attached hydrogen (secondary N) is 1. The predicted octanol–water partition coefficient (Wildman–Crippen LogP) is 1.99. The van der Waals surface area contributed by atoms with E-state index < -0.39 is 11.0 Å². The molecule has 19 heavy (non-hydrogen) atoms. The lowest BCUT2D eigenvalue weighted by Crippen LogP contribution is -2.35. The Morgan fingerprint density at radius 3 is 2.79 bits per heavy atom. The van der Waals surface area contributed by atoms with Crippen molar-refractivity contribution < 1.29 is 14.8 Å². The molecule has 0 aliphatic rings. The summed E-state index contributed by atoms with van der Waals surface area (Å²) in [5.41, 5.74) is -0.173. The Labute approximate surface area is 116 Å². The minimum atomic E-state index is -0.749. The largest absolute Gasteiger partial charge is 0.484 e. The number of hydrogen-bond acceptors (Lipinski definition) is 5. The highest BCUT2D eigenvalue weighted by atomic mass is 35.5. The molecule has 0 heterocycles. The van der Waals surface area contributed by atoms with Gasteiger partial charge in [-0.05, 0) is 6.07 Å². The van der Waals surface area contributed by atoms with E-state index in [1.165, 1.54) is 18.2 Å². The lowest BCUT2D eigenvalue weighted by atomic mass is 10.3. The van der Waals surface area contributed by atoms with Gasteiger partial charge >= 0.3 is 5.69 Å². The summed E-state index contributed by atoms with van der Waals surface area (Å²) < 4.78 is 5.26. The fourth-order valence-electron chi connectivity index (χ4n) is 1.37. The number of aliphatic hydroxyl groups is 1. The Morgan fingerprint density at radius 1 is 1.53 bits per heavy atom. The van der Waals surface area contributed by atoms with Crippen molar-refractivity contribution in [2.75, 3.05) is 13.2 Å². The molecule has 1 aromatic rings. The van der Waals surface area contributed by atoms with Crippen LogP contribution in [-0.2, 0) is 0 Å². The van der Waals surface area contributed by atoms with Gasteiger partial charge in [-0.1, -0.05) is 25.4 Å². The fourth-order valence-corrected chi connectivity index (χ4v) is 1.53. The van der Waals surface area contributed by atoms with Crippen molar-refractivity contribution in [1.29, 1.82) is 0 Å². The molecule has 1 unspecified atom stereocenters. The van der Waals surface area contributed by atoms with E-state index in [2.05, 4.69) is 5.32 Å². The number of hydrogen-bond donors (Lipinski definition) is 2. The van der Waals surface area contributed by atoms with Gasteiger partial charge in [-0.25, -0.2) is 0 Å². The maximum atomic E-state index is 10.8. The molecule has 0 fully saturated rings. The van der Waals surface area contributed by atoms with E-state index in [0.717, 1.165) is 0 Å². The summed E-state index contributed by atoms with van der Waals surface area (Å²) >= 11 is 5.76.